The number of ether oxygens (including phenoxy) is 2. The maximum Gasteiger partial charge on any atom is 0.165 e. The highest BCUT2D eigenvalue weighted by Crippen LogP contribution is 2.31. The first-order valence-electron chi connectivity index (χ1n) is 8.82. The van der Waals surface area contributed by atoms with E-state index in [9.17, 15) is 0 Å². The quantitative estimate of drug-likeness (QED) is 0.524. The molecule has 0 unspecified atom stereocenters. The molecule has 0 fully saturated rings. The van der Waals surface area contributed by atoms with Gasteiger partial charge in [0.05, 0.1) is 13.7 Å². The summed E-state index contributed by atoms with van der Waals surface area (Å²) in [7, 11) is 1.70. The van der Waals surface area contributed by atoms with Crippen LogP contribution in [-0.4, -0.2) is 20.3 Å². The molecule has 0 saturated heterocycles. The van der Waals surface area contributed by atoms with Gasteiger partial charge in [-0.3, -0.25) is 0 Å². The van der Waals surface area contributed by atoms with Crippen molar-refractivity contribution in [1.29, 1.82) is 0 Å². The molecule has 3 nitrogen and oxygen atoms in total. The van der Waals surface area contributed by atoms with Crippen molar-refractivity contribution in [2.24, 2.45) is 0 Å². The topological polar surface area (TPSA) is 30.5 Å². The first kappa shape index (κ1) is 18.8. The summed E-state index contributed by atoms with van der Waals surface area (Å²) in [4.78, 5) is 0. The Labute approximate surface area is 136 Å². The van der Waals surface area contributed by atoms with Gasteiger partial charge in [-0.15, -0.1) is 0 Å². The van der Waals surface area contributed by atoms with E-state index >= 15 is 0 Å². The minimum atomic E-state index is 0.727. The minimum Gasteiger partial charge on any atom is -0.493 e. The zero-order valence-corrected chi connectivity index (χ0v) is 14.6. The van der Waals surface area contributed by atoms with Gasteiger partial charge in [0.25, 0.3) is 0 Å². The van der Waals surface area contributed by atoms with Crippen molar-refractivity contribution in [2.45, 2.75) is 65.3 Å². The Kier molecular flexibility index (Phi) is 10.6. The Morgan fingerprint density at radius 1 is 0.955 bits per heavy atom. The summed E-state index contributed by atoms with van der Waals surface area (Å²) in [5, 5.41) is 3.53. The lowest BCUT2D eigenvalue weighted by atomic mass is 10.1. The van der Waals surface area contributed by atoms with E-state index in [-0.39, 0.29) is 0 Å². The van der Waals surface area contributed by atoms with Crippen LogP contribution in [0.1, 0.15) is 64.4 Å². The number of hydrogen-bond acceptors (Lipinski definition) is 3. The fraction of sp³-hybridized carbons (Fsp3) is 0.684. The molecule has 0 radical (unpaired) electrons. The SMILES string of the molecule is CCCCCCCCNCc1cccc(OC)c1OCCC. The molecule has 0 amide bonds. The lowest BCUT2D eigenvalue weighted by molar-refractivity contribution is 0.290. The first-order chi connectivity index (χ1) is 10.8. The predicted octanol–water partition coefficient (Wildman–Crippen LogP) is 4.93. The van der Waals surface area contributed by atoms with Crippen LogP contribution in [0.5, 0.6) is 11.5 Å². The summed E-state index contributed by atoms with van der Waals surface area (Å²) in [6.45, 7) is 7.01. The summed E-state index contributed by atoms with van der Waals surface area (Å²) in [5.41, 5.74) is 1.18. The molecule has 0 bridgehead atoms. The Balaban J connectivity index is 2.35. The number of unbranched alkanes of at least 4 members (excludes halogenated alkanes) is 5. The third-order valence-electron chi connectivity index (χ3n) is 3.75. The molecule has 22 heavy (non-hydrogen) atoms. The van der Waals surface area contributed by atoms with Gasteiger partial charge < -0.3 is 14.8 Å². The van der Waals surface area contributed by atoms with Crippen LogP contribution in [0.2, 0.25) is 0 Å². The molecule has 1 aromatic carbocycles. The van der Waals surface area contributed by atoms with Gasteiger partial charge >= 0.3 is 0 Å². The van der Waals surface area contributed by atoms with Crippen molar-refractivity contribution in [3.05, 3.63) is 23.8 Å². The Hall–Kier alpha value is -1.22. The van der Waals surface area contributed by atoms with Gasteiger partial charge in [0.15, 0.2) is 11.5 Å². The molecular formula is C19H33NO2. The van der Waals surface area contributed by atoms with Gasteiger partial charge in [-0.25, -0.2) is 0 Å². The molecule has 1 aromatic rings. The molecule has 1 N–H and O–H groups in total. The maximum absolute atomic E-state index is 5.87. The predicted molar refractivity (Wildman–Crippen MR) is 93.9 cm³/mol. The smallest absolute Gasteiger partial charge is 0.165 e. The summed E-state index contributed by atoms with van der Waals surface area (Å²) < 4.78 is 11.3. The van der Waals surface area contributed by atoms with Crippen LogP contribution in [-0.2, 0) is 6.54 Å². The second-order valence-corrected chi connectivity index (χ2v) is 5.74. The normalized spacial score (nSPS) is 10.7. The average Bonchev–Trinajstić information content (AvgIpc) is 2.55. The van der Waals surface area contributed by atoms with Crippen molar-refractivity contribution in [3.63, 3.8) is 0 Å². The third-order valence-corrected chi connectivity index (χ3v) is 3.75. The van der Waals surface area contributed by atoms with Crippen LogP contribution in [0.25, 0.3) is 0 Å². The second kappa shape index (κ2) is 12.3. The average molecular weight is 307 g/mol. The highest BCUT2D eigenvalue weighted by Gasteiger charge is 2.09. The monoisotopic (exact) mass is 307 g/mol. The van der Waals surface area contributed by atoms with Crippen molar-refractivity contribution in [3.8, 4) is 11.5 Å². The maximum atomic E-state index is 5.87. The van der Waals surface area contributed by atoms with Crippen molar-refractivity contribution < 1.29 is 9.47 Å². The standard InChI is InChI=1S/C19H33NO2/c1-4-6-7-8-9-10-14-20-16-17-12-11-13-18(21-3)19(17)22-15-5-2/h11-13,20H,4-10,14-16H2,1-3H3. The molecular weight excluding hydrogens is 274 g/mol. The van der Waals surface area contributed by atoms with Gasteiger partial charge in [-0.1, -0.05) is 58.1 Å². The van der Waals surface area contributed by atoms with Crippen LogP contribution in [0.3, 0.4) is 0 Å². The molecule has 126 valence electrons. The number of methoxy groups -OCH3 is 1. The lowest BCUT2D eigenvalue weighted by Gasteiger charge is -2.15. The molecule has 0 atom stereocenters. The fourth-order valence-electron chi connectivity index (χ4n) is 2.48. The zero-order valence-electron chi connectivity index (χ0n) is 14.6. The summed E-state index contributed by atoms with van der Waals surface area (Å²) >= 11 is 0. The minimum absolute atomic E-state index is 0.727. The second-order valence-electron chi connectivity index (χ2n) is 5.74. The van der Waals surface area contributed by atoms with E-state index in [2.05, 4.69) is 25.2 Å². The van der Waals surface area contributed by atoms with E-state index in [1.807, 2.05) is 12.1 Å². The van der Waals surface area contributed by atoms with Gasteiger partial charge in [0.2, 0.25) is 0 Å². The van der Waals surface area contributed by atoms with Gasteiger partial charge in [-0.05, 0) is 25.5 Å². The van der Waals surface area contributed by atoms with Crippen molar-refractivity contribution in [2.75, 3.05) is 20.3 Å². The van der Waals surface area contributed by atoms with Crippen LogP contribution < -0.4 is 14.8 Å². The fourth-order valence-corrected chi connectivity index (χ4v) is 2.48. The van der Waals surface area contributed by atoms with Gasteiger partial charge in [0.1, 0.15) is 0 Å². The molecule has 0 aliphatic rings. The zero-order chi connectivity index (χ0) is 16.0. The number of nitrogens with one attached hydrogen (secondary N) is 1. The lowest BCUT2D eigenvalue weighted by Crippen LogP contribution is -2.16. The Bertz CT molecular complexity index is 393. The van der Waals surface area contributed by atoms with Crippen LogP contribution in [0.4, 0.5) is 0 Å². The largest absolute Gasteiger partial charge is 0.493 e. The molecule has 0 aromatic heterocycles. The van der Waals surface area contributed by atoms with E-state index in [1.165, 1.54) is 44.1 Å². The Morgan fingerprint density at radius 3 is 2.45 bits per heavy atom. The van der Waals surface area contributed by atoms with E-state index in [0.29, 0.717) is 0 Å². The first-order valence-corrected chi connectivity index (χ1v) is 8.82. The molecule has 0 heterocycles. The molecule has 0 saturated carbocycles. The third kappa shape index (κ3) is 7.17. The molecule has 0 spiro atoms. The van der Waals surface area contributed by atoms with Crippen molar-refractivity contribution in [1.82, 2.24) is 5.32 Å². The van der Waals surface area contributed by atoms with E-state index in [0.717, 1.165) is 37.6 Å². The molecule has 0 aliphatic heterocycles. The number of benzene rings is 1. The number of rotatable bonds is 13. The molecule has 1 rings (SSSR count). The van der Waals surface area contributed by atoms with E-state index in [4.69, 9.17) is 9.47 Å². The molecule has 3 heteroatoms. The van der Waals surface area contributed by atoms with Crippen molar-refractivity contribution >= 4 is 0 Å². The van der Waals surface area contributed by atoms with Crippen LogP contribution in [0.15, 0.2) is 18.2 Å². The highest BCUT2D eigenvalue weighted by atomic mass is 16.5. The van der Waals surface area contributed by atoms with Crippen LogP contribution in [0, 0.1) is 0 Å². The summed E-state index contributed by atoms with van der Waals surface area (Å²) in [6.07, 6.45) is 9.00. The number of hydrogen-bond donors (Lipinski definition) is 1. The highest BCUT2D eigenvalue weighted by molar-refractivity contribution is 5.46. The molecule has 0 aliphatic carbocycles. The van der Waals surface area contributed by atoms with Gasteiger partial charge in [0, 0.05) is 12.1 Å². The van der Waals surface area contributed by atoms with Crippen LogP contribution >= 0.6 is 0 Å². The van der Waals surface area contributed by atoms with E-state index in [1.54, 1.807) is 7.11 Å². The Morgan fingerprint density at radius 2 is 1.73 bits per heavy atom. The summed E-state index contributed by atoms with van der Waals surface area (Å²) in [6, 6.07) is 6.10. The van der Waals surface area contributed by atoms with E-state index < -0.39 is 0 Å². The summed E-state index contributed by atoms with van der Waals surface area (Å²) in [5.74, 6) is 1.72. The van der Waals surface area contributed by atoms with Gasteiger partial charge in [-0.2, -0.15) is 0 Å². The number of para-hydroxylation sites is 1.